The summed E-state index contributed by atoms with van der Waals surface area (Å²) in [5.41, 5.74) is 1.35. The van der Waals surface area contributed by atoms with Gasteiger partial charge in [0, 0.05) is 5.02 Å². The average molecular weight is 361 g/mol. The Morgan fingerprint density at radius 3 is 2.83 bits per heavy atom. The molecule has 0 saturated carbocycles. The van der Waals surface area contributed by atoms with E-state index in [1.165, 1.54) is 24.9 Å². The van der Waals surface area contributed by atoms with Crippen molar-refractivity contribution in [3.8, 4) is 11.5 Å². The Hall–Kier alpha value is -2.44. The van der Waals surface area contributed by atoms with E-state index in [9.17, 15) is 9.90 Å². The van der Waals surface area contributed by atoms with E-state index in [-0.39, 0.29) is 11.7 Å². The smallest absolute Gasteiger partial charge is 0.264 e. The number of phenolic OH excluding ortho intramolecular Hbond substituents is 1. The van der Waals surface area contributed by atoms with Crippen molar-refractivity contribution in [3.63, 3.8) is 0 Å². The lowest BCUT2D eigenvalue weighted by molar-refractivity contribution is -0.115. The summed E-state index contributed by atoms with van der Waals surface area (Å²) in [6.07, 6.45) is 1.68. The highest BCUT2D eigenvalue weighted by molar-refractivity contribution is 8.18. The summed E-state index contributed by atoms with van der Waals surface area (Å²) in [6.45, 7) is 0. The zero-order chi connectivity index (χ0) is 17.1. The largest absolute Gasteiger partial charge is 0.504 e. The molecule has 0 atom stereocenters. The van der Waals surface area contributed by atoms with E-state index in [1.807, 2.05) is 0 Å². The first-order valence-electron chi connectivity index (χ1n) is 6.97. The van der Waals surface area contributed by atoms with Crippen molar-refractivity contribution in [2.45, 2.75) is 0 Å². The number of amides is 1. The maximum absolute atomic E-state index is 12.1. The minimum Gasteiger partial charge on any atom is -0.504 e. The molecule has 2 aromatic carbocycles. The molecule has 1 amide bonds. The van der Waals surface area contributed by atoms with E-state index in [2.05, 4.69) is 10.3 Å². The summed E-state index contributed by atoms with van der Waals surface area (Å²) >= 11 is 7.15. The molecule has 0 aromatic heterocycles. The van der Waals surface area contributed by atoms with Crippen LogP contribution in [0.25, 0.3) is 6.08 Å². The fourth-order valence-electron chi connectivity index (χ4n) is 2.09. The molecule has 122 valence electrons. The molecular weight excluding hydrogens is 348 g/mol. The molecule has 1 heterocycles. The van der Waals surface area contributed by atoms with Gasteiger partial charge in [0.15, 0.2) is 16.7 Å². The van der Waals surface area contributed by atoms with Crippen LogP contribution in [-0.4, -0.2) is 23.3 Å². The first-order valence-corrected chi connectivity index (χ1v) is 8.17. The normalized spacial score (nSPS) is 17.3. The molecule has 7 heteroatoms. The molecule has 5 nitrogen and oxygen atoms in total. The van der Waals surface area contributed by atoms with Crippen LogP contribution >= 0.6 is 23.4 Å². The number of amidine groups is 1. The van der Waals surface area contributed by atoms with Crippen molar-refractivity contribution >= 4 is 46.2 Å². The standard InChI is InChI=1S/C17H13ClN2O3S/c1-23-14-6-5-10(7-13(14)21)8-15-16(22)20-17(24-15)19-12-4-2-3-11(18)9-12/h2-9,21H,1H3,(H,19,20,22). The predicted octanol–water partition coefficient (Wildman–Crippen LogP) is 3.95. The number of aliphatic imine (C=N–C) groups is 1. The zero-order valence-electron chi connectivity index (χ0n) is 12.6. The second-order valence-corrected chi connectivity index (χ2v) is 6.36. The van der Waals surface area contributed by atoms with Gasteiger partial charge in [0.25, 0.3) is 5.91 Å². The number of ether oxygens (including phenoxy) is 1. The van der Waals surface area contributed by atoms with E-state index in [0.29, 0.717) is 32.1 Å². The van der Waals surface area contributed by atoms with Crippen LogP contribution in [-0.2, 0) is 4.79 Å². The summed E-state index contributed by atoms with van der Waals surface area (Å²) in [7, 11) is 1.48. The van der Waals surface area contributed by atoms with Gasteiger partial charge in [0.1, 0.15) is 0 Å². The van der Waals surface area contributed by atoms with Crippen molar-refractivity contribution in [3.05, 3.63) is 58.0 Å². The predicted molar refractivity (Wildman–Crippen MR) is 96.9 cm³/mol. The molecule has 1 saturated heterocycles. The first-order chi connectivity index (χ1) is 11.5. The van der Waals surface area contributed by atoms with Crippen molar-refractivity contribution in [1.29, 1.82) is 0 Å². The Balaban J connectivity index is 1.83. The fourth-order valence-corrected chi connectivity index (χ4v) is 3.12. The molecule has 1 aliphatic heterocycles. The van der Waals surface area contributed by atoms with Gasteiger partial charge in [-0.3, -0.25) is 4.79 Å². The third-order valence-electron chi connectivity index (χ3n) is 3.19. The van der Waals surface area contributed by atoms with Crippen LogP contribution in [0.15, 0.2) is 52.4 Å². The topological polar surface area (TPSA) is 70.9 Å². The van der Waals surface area contributed by atoms with Crippen LogP contribution in [0.5, 0.6) is 11.5 Å². The number of carbonyl (C=O) groups is 1. The van der Waals surface area contributed by atoms with Crippen molar-refractivity contribution in [2.75, 3.05) is 7.11 Å². The second kappa shape index (κ2) is 6.98. The number of hydrogen-bond donors (Lipinski definition) is 2. The Labute approximate surface area is 148 Å². The highest BCUT2D eigenvalue weighted by atomic mass is 35.5. The van der Waals surface area contributed by atoms with Gasteiger partial charge in [-0.2, -0.15) is 0 Å². The number of nitrogens with one attached hydrogen (secondary N) is 1. The molecule has 0 unspecified atom stereocenters. The molecule has 24 heavy (non-hydrogen) atoms. The van der Waals surface area contributed by atoms with Crippen molar-refractivity contribution < 1.29 is 14.6 Å². The minimum absolute atomic E-state index is 0.0167. The van der Waals surface area contributed by atoms with Crippen LogP contribution in [0.2, 0.25) is 5.02 Å². The maximum Gasteiger partial charge on any atom is 0.264 e. The Kier molecular flexibility index (Phi) is 4.78. The number of aromatic hydroxyl groups is 1. The number of carbonyl (C=O) groups excluding carboxylic acids is 1. The molecule has 2 N–H and O–H groups in total. The number of phenols is 1. The number of methoxy groups -OCH3 is 1. The van der Waals surface area contributed by atoms with Crippen LogP contribution in [0.3, 0.4) is 0 Å². The second-order valence-electron chi connectivity index (χ2n) is 4.89. The Morgan fingerprint density at radius 2 is 2.12 bits per heavy atom. The Bertz CT molecular complexity index is 865. The van der Waals surface area contributed by atoms with Gasteiger partial charge in [0.2, 0.25) is 0 Å². The third-order valence-corrected chi connectivity index (χ3v) is 4.34. The van der Waals surface area contributed by atoms with Gasteiger partial charge in [-0.1, -0.05) is 23.7 Å². The number of benzene rings is 2. The molecular formula is C17H13ClN2O3S. The van der Waals surface area contributed by atoms with Gasteiger partial charge >= 0.3 is 0 Å². The van der Waals surface area contributed by atoms with Crippen LogP contribution < -0.4 is 10.1 Å². The van der Waals surface area contributed by atoms with Gasteiger partial charge in [-0.25, -0.2) is 4.99 Å². The van der Waals surface area contributed by atoms with Gasteiger partial charge < -0.3 is 15.2 Å². The van der Waals surface area contributed by atoms with E-state index in [1.54, 1.807) is 42.5 Å². The van der Waals surface area contributed by atoms with Gasteiger partial charge in [0.05, 0.1) is 17.7 Å². The Morgan fingerprint density at radius 1 is 1.29 bits per heavy atom. The lowest BCUT2D eigenvalue weighted by atomic mass is 10.2. The van der Waals surface area contributed by atoms with Gasteiger partial charge in [-0.15, -0.1) is 0 Å². The molecule has 3 rings (SSSR count). The SMILES string of the molecule is COc1ccc(C=C2SC(=Nc3cccc(Cl)c3)NC2=O)cc1O. The molecule has 1 aliphatic rings. The van der Waals surface area contributed by atoms with E-state index >= 15 is 0 Å². The van der Waals surface area contributed by atoms with E-state index < -0.39 is 0 Å². The number of hydrogen-bond acceptors (Lipinski definition) is 5. The summed E-state index contributed by atoms with van der Waals surface area (Å²) in [4.78, 5) is 16.9. The highest BCUT2D eigenvalue weighted by Gasteiger charge is 2.23. The average Bonchev–Trinajstić information content (AvgIpc) is 2.87. The summed E-state index contributed by atoms with van der Waals surface area (Å²) in [5, 5.41) is 13.6. The summed E-state index contributed by atoms with van der Waals surface area (Å²) in [6, 6.07) is 12.0. The monoisotopic (exact) mass is 360 g/mol. The quantitative estimate of drug-likeness (QED) is 0.813. The van der Waals surface area contributed by atoms with Crippen LogP contribution in [0.4, 0.5) is 5.69 Å². The molecule has 0 spiro atoms. The fraction of sp³-hybridized carbons (Fsp3) is 0.0588. The lowest BCUT2D eigenvalue weighted by Crippen LogP contribution is -2.19. The number of thioether (sulfide) groups is 1. The third kappa shape index (κ3) is 3.72. The first kappa shape index (κ1) is 16.4. The lowest BCUT2D eigenvalue weighted by Gasteiger charge is -2.03. The van der Waals surface area contributed by atoms with Gasteiger partial charge in [-0.05, 0) is 53.7 Å². The molecule has 2 aromatic rings. The molecule has 0 radical (unpaired) electrons. The van der Waals surface area contributed by atoms with Crippen molar-refractivity contribution in [1.82, 2.24) is 5.32 Å². The summed E-state index contributed by atoms with van der Waals surface area (Å²) in [5.74, 6) is 0.156. The van der Waals surface area contributed by atoms with E-state index in [4.69, 9.17) is 16.3 Å². The maximum atomic E-state index is 12.1. The summed E-state index contributed by atoms with van der Waals surface area (Å²) < 4.78 is 5.00. The number of halogens is 1. The van der Waals surface area contributed by atoms with Crippen LogP contribution in [0, 0.1) is 0 Å². The number of nitrogens with zero attached hydrogens (tertiary/aromatic N) is 1. The zero-order valence-corrected chi connectivity index (χ0v) is 14.2. The highest BCUT2D eigenvalue weighted by Crippen LogP contribution is 2.31. The molecule has 1 fully saturated rings. The number of rotatable bonds is 3. The molecule has 0 bridgehead atoms. The minimum atomic E-state index is -0.240. The molecule has 0 aliphatic carbocycles. The van der Waals surface area contributed by atoms with E-state index in [0.717, 1.165) is 0 Å². The van der Waals surface area contributed by atoms with Crippen molar-refractivity contribution in [2.24, 2.45) is 4.99 Å². The van der Waals surface area contributed by atoms with Crippen LogP contribution in [0.1, 0.15) is 5.56 Å².